The molecule has 0 aliphatic carbocycles. The predicted molar refractivity (Wildman–Crippen MR) is 104 cm³/mol. The molecule has 2 fully saturated rings. The number of rotatable bonds is 3. The Morgan fingerprint density at radius 3 is 2.62 bits per heavy atom. The molecule has 2 aromatic heterocycles. The maximum atomic E-state index is 14.4. The molecular weight excluding hydrogens is 397 g/mol. The minimum absolute atomic E-state index is 0.145. The Morgan fingerprint density at radius 1 is 1.21 bits per heavy atom. The van der Waals surface area contributed by atoms with E-state index in [0.29, 0.717) is 34.7 Å². The van der Waals surface area contributed by atoms with Crippen molar-refractivity contribution in [3.8, 4) is 11.6 Å². The highest BCUT2D eigenvalue weighted by atomic mass is 32.1. The van der Waals surface area contributed by atoms with Crippen LogP contribution in [0.4, 0.5) is 4.39 Å². The Labute approximate surface area is 170 Å². The smallest absolute Gasteiger partial charge is 0.335 e. The van der Waals surface area contributed by atoms with Gasteiger partial charge >= 0.3 is 11.6 Å². The molecule has 10 heteroatoms. The van der Waals surface area contributed by atoms with Crippen LogP contribution in [0.15, 0.2) is 30.7 Å². The number of ether oxygens (including phenoxy) is 1. The maximum absolute atomic E-state index is 14.4. The third kappa shape index (κ3) is 4.03. The van der Waals surface area contributed by atoms with Gasteiger partial charge in [-0.3, -0.25) is 0 Å². The number of nitrogens with one attached hydrogen (secondary N) is 1. The molecule has 2 saturated heterocycles. The third-order valence-corrected chi connectivity index (χ3v) is 5.37. The molecule has 152 valence electrons. The fraction of sp³-hybridized carbons (Fsp3) is 0.421. The van der Waals surface area contributed by atoms with Crippen LogP contribution in [0.2, 0.25) is 0 Å². The zero-order chi connectivity index (χ0) is 20.4. The summed E-state index contributed by atoms with van der Waals surface area (Å²) >= 11 is -0.750. The van der Waals surface area contributed by atoms with Gasteiger partial charge < -0.3 is 10.1 Å². The molecule has 0 radical (unpaired) electrons. The molecule has 0 saturated carbocycles. The number of halogens is 1. The van der Waals surface area contributed by atoms with Gasteiger partial charge in [-0.2, -0.15) is 13.5 Å². The Bertz CT molecular complexity index is 1060. The molecule has 1 N–H and O–H groups in total. The van der Waals surface area contributed by atoms with Crippen LogP contribution >= 0.6 is 0 Å². The molecular formula is C19H20FN5O3S. The van der Waals surface area contributed by atoms with E-state index in [-0.39, 0.29) is 11.9 Å². The molecule has 2 atom stereocenters. The zero-order valence-corrected chi connectivity index (χ0v) is 16.6. The number of piperidine rings is 1. The van der Waals surface area contributed by atoms with Crippen molar-refractivity contribution in [1.82, 2.24) is 25.1 Å². The van der Waals surface area contributed by atoms with E-state index in [9.17, 15) is 4.39 Å². The average Bonchev–Trinajstić information content (AvgIpc) is 3.26. The van der Waals surface area contributed by atoms with Gasteiger partial charge in [0.2, 0.25) is 5.88 Å². The van der Waals surface area contributed by atoms with E-state index in [2.05, 4.69) is 20.4 Å². The quantitative estimate of drug-likeness (QED) is 0.698. The lowest BCUT2D eigenvalue weighted by Gasteiger charge is -2.29. The number of nitrogens with zero attached hydrogens (tertiary/aromatic N) is 4. The van der Waals surface area contributed by atoms with Crippen LogP contribution in [-0.4, -0.2) is 46.4 Å². The molecule has 2 aliphatic heterocycles. The highest BCUT2D eigenvalue weighted by Gasteiger charge is 2.35. The first-order chi connectivity index (χ1) is 14.1. The van der Waals surface area contributed by atoms with Crippen molar-refractivity contribution in [2.24, 2.45) is 0 Å². The Morgan fingerprint density at radius 2 is 1.93 bits per heavy atom. The van der Waals surface area contributed by atoms with Crippen LogP contribution in [0.1, 0.15) is 31.2 Å². The summed E-state index contributed by atoms with van der Waals surface area (Å²) in [6.07, 6.45) is 7.66. The van der Waals surface area contributed by atoms with Crippen molar-refractivity contribution in [2.45, 2.75) is 50.8 Å². The zero-order valence-electron chi connectivity index (χ0n) is 15.7. The Kier molecular flexibility index (Phi) is 5.63. The summed E-state index contributed by atoms with van der Waals surface area (Å²) in [6.45, 7) is 1.86. The predicted octanol–water partition coefficient (Wildman–Crippen LogP) is 2.25. The highest BCUT2D eigenvalue weighted by Crippen LogP contribution is 2.31. The van der Waals surface area contributed by atoms with Crippen molar-refractivity contribution in [3.63, 3.8) is 0 Å². The van der Waals surface area contributed by atoms with Gasteiger partial charge in [-0.1, -0.05) is 6.07 Å². The molecule has 0 amide bonds. The van der Waals surface area contributed by atoms with Crippen LogP contribution in [0, 0.1) is 12.7 Å². The summed E-state index contributed by atoms with van der Waals surface area (Å²) in [6, 6.07) is 6.15. The van der Waals surface area contributed by atoms with Gasteiger partial charge in [-0.15, -0.1) is 0 Å². The van der Waals surface area contributed by atoms with Crippen molar-refractivity contribution in [2.75, 3.05) is 0 Å². The molecule has 8 nitrogen and oxygen atoms in total. The number of hydrogen-bond donors (Lipinski definition) is 1. The first-order valence-electron chi connectivity index (χ1n) is 9.38. The van der Waals surface area contributed by atoms with Gasteiger partial charge in [0.25, 0.3) is 0 Å². The van der Waals surface area contributed by atoms with Gasteiger partial charge in [-0.25, -0.2) is 19.0 Å². The monoisotopic (exact) mass is 417 g/mol. The molecule has 2 bridgehead atoms. The van der Waals surface area contributed by atoms with Crippen LogP contribution in [-0.2, 0) is 11.6 Å². The first-order valence-corrected chi connectivity index (χ1v) is 10.1. The topological polar surface area (TPSA) is 99.0 Å². The second kappa shape index (κ2) is 8.34. The molecule has 1 aromatic carbocycles. The highest BCUT2D eigenvalue weighted by molar-refractivity contribution is 7.51. The number of fused-ring (bicyclic) bond motifs is 3. The van der Waals surface area contributed by atoms with Gasteiger partial charge in [0.1, 0.15) is 29.3 Å². The lowest BCUT2D eigenvalue weighted by Crippen LogP contribution is -2.42. The molecule has 4 heterocycles. The molecule has 2 unspecified atom stereocenters. The summed E-state index contributed by atoms with van der Waals surface area (Å²) in [5.41, 5.74) is 1.78. The van der Waals surface area contributed by atoms with E-state index >= 15 is 0 Å². The minimum atomic E-state index is -0.750. The lowest BCUT2D eigenvalue weighted by atomic mass is 10.0. The lowest BCUT2D eigenvalue weighted by molar-refractivity contribution is 0.133. The molecule has 2 aliphatic rings. The summed E-state index contributed by atoms with van der Waals surface area (Å²) in [5, 5.41) is 8.65. The largest absolute Gasteiger partial charge is 0.474 e. The van der Waals surface area contributed by atoms with Gasteiger partial charge in [0.05, 0.1) is 6.20 Å². The van der Waals surface area contributed by atoms with Gasteiger partial charge in [0, 0.05) is 12.1 Å². The third-order valence-electron chi connectivity index (χ3n) is 5.37. The second-order valence-electron chi connectivity index (χ2n) is 7.34. The average molecular weight is 417 g/mol. The summed E-state index contributed by atoms with van der Waals surface area (Å²) in [4.78, 5) is 8.62. The fourth-order valence-electron chi connectivity index (χ4n) is 4.14. The minimum Gasteiger partial charge on any atom is -0.474 e. The molecule has 0 spiro atoms. The Balaban J connectivity index is 0.000000645. The SMILES string of the molecule is Cc1ccc(-n2ncc3c(OC4CC5CCC(C4)N5)ncnc32)c(F)c1.O=S=O. The van der Waals surface area contributed by atoms with Crippen molar-refractivity contribution < 1.29 is 17.5 Å². The summed E-state index contributed by atoms with van der Waals surface area (Å²) in [7, 11) is 0. The van der Waals surface area contributed by atoms with Gasteiger partial charge in [0.15, 0.2) is 5.65 Å². The van der Waals surface area contributed by atoms with Crippen molar-refractivity contribution >= 4 is 22.6 Å². The van der Waals surface area contributed by atoms with Crippen molar-refractivity contribution in [1.29, 1.82) is 0 Å². The first kappa shape index (κ1) is 19.6. The molecule has 5 rings (SSSR count). The normalized spacial score (nSPS) is 22.8. The van der Waals surface area contributed by atoms with Crippen LogP contribution in [0.3, 0.4) is 0 Å². The maximum Gasteiger partial charge on any atom is 0.335 e. The number of aromatic nitrogens is 4. The van der Waals surface area contributed by atoms with Crippen LogP contribution < -0.4 is 10.1 Å². The Hall–Kier alpha value is -2.72. The molecule has 29 heavy (non-hydrogen) atoms. The van der Waals surface area contributed by atoms with E-state index in [4.69, 9.17) is 13.2 Å². The van der Waals surface area contributed by atoms with E-state index in [0.717, 1.165) is 18.4 Å². The van der Waals surface area contributed by atoms with Crippen LogP contribution in [0.25, 0.3) is 16.7 Å². The molecule has 3 aromatic rings. The summed E-state index contributed by atoms with van der Waals surface area (Å²) < 4.78 is 38.7. The number of aryl methyl sites for hydroxylation is 1. The number of benzene rings is 1. The second-order valence-corrected chi connectivity index (χ2v) is 7.48. The van der Waals surface area contributed by atoms with E-state index in [1.807, 2.05) is 13.0 Å². The van der Waals surface area contributed by atoms with E-state index in [1.54, 1.807) is 12.3 Å². The number of hydrogen-bond acceptors (Lipinski definition) is 7. The van der Waals surface area contributed by atoms with E-state index in [1.165, 1.54) is 29.9 Å². The van der Waals surface area contributed by atoms with Gasteiger partial charge in [-0.05, 0) is 50.3 Å². The van der Waals surface area contributed by atoms with Crippen LogP contribution in [0.5, 0.6) is 5.88 Å². The summed E-state index contributed by atoms with van der Waals surface area (Å²) in [5.74, 6) is 0.200. The standard InChI is InChI=1S/C19H20FN5O.O2S/c1-11-2-5-17(16(20)6-11)25-18-15(9-23-25)19(22-10-21-18)26-14-7-12-3-4-13(8-14)24-12;1-3-2/h2,5-6,9-10,12-14,24H,3-4,7-8H2,1H3;. The fourth-order valence-corrected chi connectivity index (χ4v) is 4.14. The van der Waals surface area contributed by atoms with Crippen molar-refractivity contribution in [3.05, 3.63) is 42.1 Å². The van der Waals surface area contributed by atoms with E-state index < -0.39 is 11.6 Å².